The second-order valence-corrected chi connectivity index (χ2v) is 10.1. The molecule has 6 rings (SSSR count). The van der Waals surface area contributed by atoms with Crippen LogP contribution in [0.15, 0.2) is 107 Å². The van der Waals surface area contributed by atoms with Crippen molar-refractivity contribution >= 4 is 45.5 Å². The zero-order valence-electron chi connectivity index (χ0n) is 22.2. The van der Waals surface area contributed by atoms with Gasteiger partial charge >= 0.3 is 5.97 Å². The molecule has 3 aromatic carbocycles. The highest BCUT2D eigenvalue weighted by Crippen LogP contribution is 2.42. The third-order valence-corrected chi connectivity index (χ3v) is 6.98. The fourth-order valence-corrected chi connectivity index (χ4v) is 4.97. The van der Waals surface area contributed by atoms with E-state index in [-0.39, 0.29) is 5.89 Å². The zero-order chi connectivity index (χ0) is 27.6. The minimum atomic E-state index is -0.502. The molecular formula is C33H27ClN2O4. The number of carbonyl (C=O) groups excluding carboxylic acids is 1. The highest BCUT2D eigenvalue weighted by atomic mass is 35.5. The van der Waals surface area contributed by atoms with E-state index in [0.29, 0.717) is 38.9 Å². The number of oxazole rings is 1. The van der Waals surface area contributed by atoms with Crippen LogP contribution < -0.4 is 9.64 Å². The van der Waals surface area contributed by atoms with Crippen LogP contribution >= 0.6 is 11.6 Å². The number of esters is 1. The van der Waals surface area contributed by atoms with E-state index < -0.39 is 5.97 Å². The average Bonchev–Trinajstić information content (AvgIpc) is 3.62. The Morgan fingerprint density at radius 3 is 2.60 bits per heavy atom. The fourth-order valence-electron chi connectivity index (χ4n) is 4.80. The SMILES string of the molecule is CCCCN1/C(=C/C=C/C=C2\OC(=O)C(c3nc4cc(C)ccc4o3)=C2c2ccccc2)Oc2ccc(Cl)cc21. The van der Waals surface area contributed by atoms with Gasteiger partial charge in [-0.25, -0.2) is 9.78 Å². The number of fused-ring (bicyclic) bond motifs is 2. The Bertz CT molecular complexity index is 1730. The number of hydrogen-bond donors (Lipinski definition) is 0. The van der Waals surface area contributed by atoms with Crippen molar-refractivity contribution in [3.8, 4) is 5.75 Å². The molecule has 2 aliphatic rings. The summed E-state index contributed by atoms with van der Waals surface area (Å²) in [7, 11) is 0. The van der Waals surface area contributed by atoms with Crippen molar-refractivity contribution in [3.63, 3.8) is 0 Å². The summed E-state index contributed by atoms with van der Waals surface area (Å²) in [5.74, 6) is 1.64. The first kappa shape index (κ1) is 25.7. The lowest BCUT2D eigenvalue weighted by atomic mass is 9.99. The van der Waals surface area contributed by atoms with Crippen LogP contribution in [0.25, 0.3) is 22.2 Å². The number of rotatable bonds is 7. The molecule has 1 aromatic heterocycles. The predicted octanol–water partition coefficient (Wildman–Crippen LogP) is 8.24. The number of allylic oxidation sites excluding steroid dienone is 5. The number of cyclic esters (lactones) is 1. The van der Waals surface area contributed by atoms with Gasteiger partial charge in [-0.15, -0.1) is 0 Å². The molecule has 0 saturated carbocycles. The van der Waals surface area contributed by atoms with Crippen LogP contribution in [0.3, 0.4) is 0 Å². The lowest BCUT2D eigenvalue weighted by molar-refractivity contribution is -0.131. The zero-order valence-corrected chi connectivity index (χ0v) is 22.9. The largest absolute Gasteiger partial charge is 0.439 e. The highest BCUT2D eigenvalue weighted by Gasteiger charge is 2.35. The molecule has 6 nitrogen and oxygen atoms in total. The smallest absolute Gasteiger partial charge is 0.349 e. The summed E-state index contributed by atoms with van der Waals surface area (Å²) in [6.07, 6.45) is 9.43. The topological polar surface area (TPSA) is 64.8 Å². The Hall–Kier alpha value is -4.55. The number of nitrogens with zero attached hydrogens (tertiary/aromatic N) is 2. The van der Waals surface area contributed by atoms with Crippen molar-refractivity contribution in [3.05, 3.63) is 125 Å². The van der Waals surface area contributed by atoms with Crippen molar-refractivity contribution in [2.24, 2.45) is 0 Å². The molecule has 0 atom stereocenters. The molecule has 0 bridgehead atoms. The van der Waals surface area contributed by atoms with E-state index in [1.54, 1.807) is 6.08 Å². The molecule has 0 aliphatic carbocycles. The number of benzene rings is 3. The van der Waals surface area contributed by atoms with Gasteiger partial charge in [0.05, 0.1) is 5.69 Å². The van der Waals surface area contributed by atoms with E-state index in [1.807, 2.05) is 91.9 Å². The molecule has 40 heavy (non-hydrogen) atoms. The van der Waals surface area contributed by atoms with Gasteiger partial charge in [-0.1, -0.05) is 73.5 Å². The van der Waals surface area contributed by atoms with Gasteiger partial charge in [0.25, 0.3) is 0 Å². The van der Waals surface area contributed by atoms with Crippen LogP contribution in [-0.2, 0) is 9.53 Å². The van der Waals surface area contributed by atoms with Gasteiger partial charge in [-0.05, 0) is 67.0 Å². The van der Waals surface area contributed by atoms with E-state index in [0.717, 1.165) is 42.0 Å². The van der Waals surface area contributed by atoms with Gasteiger partial charge in [-0.2, -0.15) is 0 Å². The maximum atomic E-state index is 13.2. The van der Waals surface area contributed by atoms with Crippen LogP contribution in [0.2, 0.25) is 5.02 Å². The Kier molecular flexibility index (Phi) is 7.01. The maximum absolute atomic E-state index is 13.2. The van der Waals surface area contributed by atoms with Crippen molar-refractivity contribution in [2.75, 3.05) is 11.4 Å². The summed E-state index contributed by atoms with van der Waals surface area (Å²) in [5, 5.41) is 0.665. The second-order valence-electron chi connectivity index (χ2n) is 9.64. The molecule has 3 heterocycles. The lowest BCUT2D eigenvalue weighted by Crippen LogP contribution is -2.21. The van der Waals surface area contributed by atoms with Crippen molar-refractivity contribution in [1.29, 1.82) is 0 Å². The van der Waals surface area contributed by atoms with Crippen LogP contribution in [0, 0.1) is 6.92 Å². The van der Waals surface area contributed by atoms with E-state index in [9.17, 15) is 4.79 Å². The van der Waals surface area contributed by atoms with E-state index in [1.165, 1.54) is 0 Å². The summed E-state index contributed by atoms with van der Waals surface area (Å²) in [6.45, 7) is 4.96. The first-order valence-corrected chi connectivity index (χ1v) is 13.6. The number of hydrogen-bond acceptors (Lipinski definition) is 6. The molecule has 0 N–H and O–H groups in total. The molecule has 0 radical (unpaired) electrons. The minimum Gasteiger partial charge on any atom is -0.439 e. The van der Waals surface area contributed by atoms with E-state index >= 15 is 0 Å². The summed E-state index contributed by atoms with van der Waals surface area (Å²) < 4.78 is 17.8. The Balaban J connectivity index is 1.35. The minimum absolute atomic E-state index is 0.237. The van der Waals surface area contributed by atoms with Gasteiger partial charge < -0.3 is 18.8 Å². The average molecular weight is 551 g/mol. The standard InChI is InChI=1S/C33H27ClN2O4/c1-3-4-18-36-25-20-23(34)15-17-27(25)38-29(36)13-9-8-12-28-30(22-10-6-5-7-11-22)31(33(37)40-28)32-35-24-19-21(2)14-16-26(24)39-32/h5-17,19-20H,3-4,18H2,1-2H3/b9-8+,28-12-,29-13-. The first-order valence-electron chi connectivity index (χ1n) is 13.2. The van der Waals surface area contributed by atoms with Crippen LogP contribution in [0.4, 0.5) is 5.69 Å². The molecule has 0 saturated heterocycles. The van der Waals surface area contributed by atoms with Crippen LogP contribution in [0.5, 0.6) is 5.75 Å². The van der Waals surface area contributed by atoms with E-state index in [2.05, 4.69) is 16.8 Å². The summed E-state index contributed by atoms with van der Waals surface area (Å²) >= 11 is 6.25. The van der Waals surface area contributed by atoms with Crippen molar-refractivity contribution < 1.29 is 18.7 Å². The molecule has 0 amide bonds. The fraction of sp³-hybridized carbons (Fsp3) is 0.152. The summed E-state index contributed by atoms with van der Waals surface area (Å²) in [5.41, 5.74) is 5.09. The van der Waals surface area contributed by atoms with Gasteiger partial charge in [0.15, 0.2) is 11.3 Å². The molecule has 2 aliphatic heterocycles. The third kappa shape index (κ3) is 4.94. The molecule has 0 fully saturated rings. The first-order chi connectivity index (χ1) is 19.5. The van der Waals surface area contributed by atoms with Gasteiger partial charge in [0.1, 0.15) is 16.8 Å². The van der Waals surface area contributed by atoms with Crippen LogP contribution in [-0.4, -0.2) is 17.5 Å². The molecular weight excluding hydrogens is 524 g/mol. The quantitative estimate of drug-likeness (QED) is 0.216. The Morgan fingerprint density at radius 2 is 1.77 bits per heavy atom. The Labute approximate surface area is 237 Å². The predicted molar refractivity (Wildman–Crippen MR) is 158 cm³/mol. The number of aromatic nitrogens is 1. The van der Waals surface area contributed by atoms with E-state index in [4.69, 9.17) is 25.5 Å². The van der Waals surface area contributed by atoms with Gasteiger partial charge in [0, 0.05) is 17.1 Å². The second kappa shape index (κ2) is 10.9. The number of carbonyl (C=O) groups is 1. The van der Waals surface area contributed by atoms with Crippen molar-refractivity contribution in [2.45, 2.75) is 26.7 Å². The normalized spacial score (nSPS) is 17.0. The van der Waals surface area contributed by atoms with Crippen molar-refractivity contribution in [1.82, 2.24) is 4.98 Å². The van der Waals surface area contributed by atoms with Gasteiger partial charge in [-0.3, -0.25) is 0 Å². The lowest BCUT2D eigenvalue weighted by Gasteiger charge is -2.17. The molecule has 0 spiro atoms. The summed E-state index contributed by atoms with van der Waals surface area (Å²) in [4.78, 5) is 19.9. The number of halogens is 1. The molecule has 4 aromatic rings. The van der Waals surface area contributed by atoms with Crippen LogP contribution in [0.1, 0.15) is 36.8 Å². The van der Waals surface area contributed by atoms with Gasteiger partial charge in [0.2, 0.25) is 11.8 Å². The molecule has 7 heteroatoms. The maximum Gasteiger partial charge on any atom is 0.349 e. The number of unbranched alkanes of at least 4 members (excludes halogenated alkanes) is 1. The molecule has 0 unspecified atom stereocenters. The molecule has 200 valence electrons. The number of aryl methyl sites for hydroxylation is 1. The summed E-state index contributed by atoms with van der Waals surface area (Å²) in [6, 6.07) is 21.0. The third-order valence-electron chi connectivity index (χ3n) is 6.75. The highest BCUT2D eigenvalue weighted by molar-refractivity contribution is 6.31. The monoisotopic (exact) mass is 550 g/mol. The number of ether oxygens (including phenoxy) is 2. The Morgan fingerprint density at radius 1 is 0.950 bits per heavy atom. The number of anilines is 1.